The number of hydrogen-bond acceptors (Lipinski definition) is 5. The van der Waals surface area contributed by atoms with Crippen molar-refractivity contribution in [2.24, 2.45) is 0 Å². The number of carbonyl (C=O) groups excluding carboxylic acids is 1. The van der Waals surface area contributed by atoms with Crippen LogP contribution in [0.25, 0.3) is 16.8 Å². The minimum Gasteiger partial charge on any atom is -0.462 e. The van der Waals surface area contributed by atoms with Crippen LogP contribution < -0.4 is 5.32 Å². The highest BCUT2D eigenvalue weighted by Gasteiger charge is 2.10. The fraction of sp³-hybridized carbons (Fsp3) is 0.0952. The van der Waals surface area contributed by atoms with Gasteiger partial charge in [-0.25, -0.2) is 14.8 Å². The second-order valence-corrected chi connectivity index (χ2v) is 5.94. The van der Waals surface area contributed by atoms with Crippen molar-refractivity contribution in [2.75, 3.05) is 11.9 Å². The van der Waals surface area contributed by atoms with E-state index in [2.05, 4.69) is 27.4 Å². The topological polar surface area (TPSA) is 68.5 Å². The highest BCUT2D eigenvalue weighted by atomic mass is 16.5. The lowest BCUT2D eigenvalue weighted by molar-refractivity contribution is 0.0526. The number of rotatable bonds is 5. The Kier molecular flexibility index (Phi) is 4.53. The molecule has 0 unspecified atom stereocenters. The summed E-state index contributed by atoms with van der Waals surface area (Å²) in [7, 11) is 0. The van der Waals surface area contributed by atoms with Gasteiger partial charge < -0.3 is 14.5 Å². The van der Waals surface area contributed by atoms with E-state index in [1.807, 2.05) is 41.1 Å². The number of anilines is 2. The third kappa shape index (κ3) is 3.50. The maximum absolute atomic E-state index is 11.8. The van der Waals surface area contributed by atoms with Crippen molar-refractivity contribution in [3.05, 3.63) is 78.9 Å². The van der Waals surface area contributed by atoms with Gasteiger partial charge in [0.2, 0.25) is 0 Å². The molecule has 0 fully saturated rings. The Morgan fingerprint density at radius 3 is 2.70 bits per heavy atom. The molecule has 0 saturated heterocycles. The van der Waals surface area contributed by atoms with Crippen molar-refractivity contribution in [1.29, 1.82) is 0 Å². The normalized spacial score (nSPS) is 10.7. The number of ether oxygens (including phenoxy) is 1. The molecule has 3 heterocycles. The number of esters is 1. The lowest BCUT2D eigenvalue weighted by Gasteiger charge is -2.11. The Hall–Kier alpha value is -3.67. The summed E-state index contributed by atoms with van der Waals surface area (Å²) in [5.74, 6) is 0.247. The fourth-order valence-corrected chi connectivity index (χ4v) is 2.85. The van der Waals surface area contributed by atoms with Crippen molar-refractivity contribution in [3.63, 3.8) is 0 Å². The van der Waals surface area contributed by atoms with E-state index >= 15 is 0 Å². The van der Waals surface area contributed by atoms with Gasteiger partial charge in [-0.05, 0) is 30.7 Å². The second kappa shape index (κ2) is 7.29. The quantitative estimate of drug-likeness (QED) is 0.538. The molecule has 6 nitrogen and oxygen atoms in total. The predicted molar refractivity (Wildman–Crippen MR) is 104 cm³/mol. The van der Waals surface area contributed by atoms with Crippen molar-refractivity contribution in [3.8, 4) is 11.1 Å². The van der Waals surface area contributed by atoms with E-state index < -0.39 is 0 Å². The zero-order valence-corrected chi connectivity index (χ0v) is 14.8. The van der Waals surface area contributed by atoms with Crippen LogP contribution in [-0.2, 0) is 4.74 Å². The molecule has 3 aromatic heterocycles. The van der Waals surface area contributed by atoms with E-state index in [-0.39, 0.29) is 5.97 Å². The van der Waals surface area contributed by atoms with Gasteiger partial charge in [-0.2, -0.15) is 0 Å². The van der Waals surface area contributed by atoms with Crippen LogP contribution in [0.3, 0.4) is 0 Å². The van der Waals surface area contributed by atoms with Crippen LogP contribution >= 0.6 is 0 Å². The van der Waals surface area contributed by atoms with E-state index in [1.165, 1.54) is 6.20 Å². The molecule has 6 heteroatoms. The number of benzene rings is 1. The molecule has 0 spiro atoms. The average molecular weight is 358 g/mol. The zero-order valence-electron chi connectivity index (χ0n) is 14.8. The average Bonchev–Trinajstić information content (AvgIpc) is 3.18. The van der Waals surface area contributed by atoms with E-state index in [0.717, 1.165) is 22.5 Å². The van der Waals surface area contributed by atoms with Crippen molar-refractivity contribution >= 4 is 23.1 Å². The molecule has 1 N–H and O–H groups in total. The van der Waals surface area contributed by atoms with Gasteiger partial charge >= 0.3 is 5.97 Å². The Balaban J connectivity index is 1.67. The van der Waals surface area contributed by atoms with Crippen molar-refractivity contribution in [2.45, 2.75) is 6.92 Å². The molecule has 0 aliphatic carbocycles. The molecule has 0 amide bonds. The number of nitrogens with zero attached hydrogens (tertiary/aromatic N) is 3. The summed E-state index contributed by atoms with van der Waals surface area (Å²) in [5.41, 5.74) is 4.23. The van der Waals surface area contributed by atoms with Gasteiger partial charge in [-0.15, -0.1) is 0 Å². The molecule has 0 aliphatic heterocycles. The maximum Gasteiger partial charge on any atom is 0.339 e. The van der Waals surface area contributed by atoms with Crippen molar-refractivity contribution in [1.82, 2.24) is 14.4 Å². The second-order valence-electron chi connectivity index (χ2n) is 5.94. The molecule has 134 valence electrons. The minimum atomic E-state index is -0.377. The molecular weight excluding hydrogens is 340 g/mol. The smallest absolute Gasteiger partial charge is 0.339 e. The summed E-state index contributed by atoms with van der Waals surface area (Å²) in [5, 5.41) is 3.29. The van der Waals surface area contributed by atoms with Gasteiger partial charge in [0.15, 0.2) is 5.65 Å². The summed E-state index contributed by atoms with van der Waals surface area (Å²) in [6.45, 7) is 2.11. The monoisotopic (exact) mass is 358 g/mol. The van der Waals surface area contributed by atoms with Crippen LogP contribution in [0.1, 0.15) is 17.3 Å². The first-order valence-corrected chi connectivity index (χ1v) is 8.67. The summed E-state index contributed by atoms with van der Waals surface area (Å²) in [6.07, 6.45) is 7.21. The van der Waals surface area contributed by atoms with Gasteiger partial charge in [0.05, 0.1) is 17.9 Å². The van der Waals surface area contributed by atoms with Crippen LogP contribution in [0, 0.1) is 0 Å². The maximum atomic E-state index is 11.8. The number of imidazole rings is 1. The molecule has 0 atom stereocenters. The highest BCUT2D eigenvalue weighted by molar-refractivity contribution is 5.89. The first-order valence-electron chi connectivity index (χ1n) is 8.67. The lowest BCUT2D eigenvalue weighted by Crippen LogP contribution is -2.05. The number of pyridine rings is 2. The number of aromatic nitrogens is 3. The van der Waals surface area contributed by atoms with E-state index in [0.29, 0.717) is 18.0 Å². The van der Waals surface area contributed by atoms with Gasteiger partial charge in [0, 0.05) is 30.4 Å². The summed E-state index contributed by atoms with van der Waals surface area (Å²) in [4.78, 5) is 20.5. The number of nitrogens with one attached hydrogen (secondary N) is 1. The number of fused-ring (bicyclic) bond motifs is 1. The van der Waals surface area contributed by atoms with Gasteiger partial charge in [0.25, 0.3) is 0 Å². The summed E-state index contributed by atoms with van der Waals surface area (Å²) >= 11 is 0. The first-order chi connectivity index (χ1) is 13.2. The molecule has 0 saturated carbocycles. The van der Waals surface area contributed by atoms with Crippen LogP contribution in [0.15, 0.2) is 73.3 Å². The van der Waals surface area contributed by atoms with E-state index in [9.17, 15) is 4.79 Å². The Labute approximate surface area is 156 Å². The van der Waals surface area contributed by atoms with E-state index in [1.54, 1.807) is 25.3 Å². The van der Waals surface area contributed by atoms with Crippen LogP contribution in [0.2, 0.25) is 0 Å². The third-order valence-corrected chi connectivity index (χ3v) is 4.13. The lowest BCUT2D eigenvalue weighted by atomic mass is 10.1. The van der Waals surface area contributed by atoms with Crippen LogP contribution in [0.5, 0.6) is 0 Å². The number of carbonyl (C=O) groups is 1. The minimum absolute atomic E-state index is 0.336. The molecule has 4 rings (SSSR count). The molecule has 27 heavy (non-hydrogen) atoms. The van der Waals surface area contributed by atoms with E-state index in [4.69, 9.17) is 4.74 Å². The van der Waals surface area contributed by atoms with Gasteiger partial charge in [-0.3, -0.25) is 0 Å². The standard InChI is InChI=1S/C21H18N4O2/c1-2-27-21(26)16-8-9-19(23-13-16)24-18-12-17(15-6-4-3-5-7-15)14-25-11-10-22-20(18)25/h3-14H,2H2,1H3,(H,23,24). The number of hydrogen-bond donors (Lipinski definition) is 1. The summed E-state index contributed by atoms with van der Waals surface area (Å²) in [6, 6.07) is 15.6. The molecular formula is C21H18N4O2. The molecule has 0 radical (unpaired) electrons. The molecule has 0 bridgehead atoms. The molecule has 0 aliphatic rings. The van der Waals surface area contributed by atoms with Crippen LogP contribution in [0.4, 0.5) is 11.5 Å². The Morgan fingerprint density at radius 1 is 1.11 bits per heavy atom. The third-order valence-electron chi connectivity index (χ3n) is 4.13. The first kappa shape index (κ1) is 16.8. The van der Waals surface area contributed by atoms with Gasteiger partial charge in [0.1, 0.15) is 5.82 Å². The van der Waals surface area contributed by atoms with Crippen LogP contribution in [-0.4, -0.2) is 26.9 Å². The Bertz CT molecular complexity index is 1070. The predicted octanol–water partition coefficient (Wildman–Crippen LogP) is 4.32. The van der Waals surface area contributed by atoms with Gasteiger partial charge in [-0.1, -0.05) is 30.3 Å². The molecule has 4 aromatic rings. The largest absolute Gasteiger partial charge is 0.462 e. The SMILES string of the molecule is CCOC(=O)c1ccc(Nc2cc(-c3ccccc3)cn3ccnc23)nc1. The van der Waals surface area contributed by atoms with Crippen molar-refractivity contribution < 1.29 is 9.53 Å². The Morgan fingerprint density at radius 2 is 1.96 bits per heavy atom. The molecule has 1 aromatic carbocycles. The highest BCUT2D eigenvalue weighted by Crippen LogP contribution is 2.27. The fourth-order valence-electron chi connectivity index (χ4n) is 2.85. The summed E-state index contributed by atoms with van der Waals surface area (Å²) < 4.78 is 6.96. The zero-order chi connectivity index (χ0) is 18.6.